The van der Waals surface area contributed by atoms with Gasteiger partial charge in [-0.15, -0.1) is 0 Å². The van der Waals surface area contributed by atoms with Crippen molar-refractivity contribution in [3.05, 3.63) is 0 Å². The molecule has 0 saturated carbocycles. The highest BCUT2D eigenvalue weighted by molar-refractivity contribution is 4.46. The largest absolute Gasteiger partial charge is 1.00 e. The molecule has 0 aromatic heterocycles. The van der Waals surface area contributed by atoms with Crippen molar-refractivity contribution >= 4 is 0 Å². The van der Waals surface area contributed by atoms with Gasteiger partial charge >= 0.3 is 1.43 Å². The first kappa shape index (κ1) is 13.0. The topological polar surface area (TPSA) is 20.2 Å². The van der Waals surface area contributed by atoms with Gasteiger partial charge in [-0.1, -0.05) is 64.7 Å². The molecule has 0 spiro atoms. The lowest BCUT2D eigenvalue weighted by Gasteiger charge is -2.00. The molecule has 0 aromatic rings. The van der Waals surface area contributed by atoms with Crippen molar-refractivity contribution in [2.45, 2.75) is 71.1 Å². The van der Waals surface area contributed by atoms with Gasteiger partial charge in [-0.05, 0) is 6.42 Å². The summed E-state index contributed by atoms with van der Waals surface area (Å²) in [6, 6.07) is 0. The number of rotatable bonds is 10. The quantitative estimate of drug-likeness (QED) is 0.512. The molecule has 0 saturated heterocycles. The Kier molecular flexibility index (Phi) is 11.9. The van der Waals surface area contributed by atoms with Gasteiger partial charge in [0.2, 0.25) is 0 Å². The lowest BCUT2D eigenvalue weighted by molar-refractivity contribution is 0.282. The molecule has 0 aliphatic heterocycles. The Morgan fingerprint density at radius 1 is 0.692 bits per heavy atom. The van der Waals surface area contributed by atoms with Gasteiger partial charge in [-0.2, -0.15) is 0 Å². The van der Waals surface area contributed by atoms with Crippen LogP contribution in [0.3, 0.4) is 0 Å². The zero-order chi connectivity index (χ0) is 9.78. The van der Waals surface area contributed by atoms with Crippen LogP contribution in [0.25, 0.3) is 0 Å². The molecule has 0 amide bonds. The van der Waals surface area contributed by atoms with E-state index in [1.54, 1.807) is 0 Å². The fourth-order valence-electron chi connectivity index (χ4n) is 1.60. The smallest absolute Gasteiger partial charge is 0.396 e. The summed E-state index contributed by atoms with van der Waals surface area (Å²) in [5.41, 5.74) is 0. The molecule has 0 rings (SSSR count). The molecule has 0 radical (unpaired) electrons. The van der Waals surface area contributed by atoms with Crippen molar-refractivity contribution in [1.29, 1.82) is 0 Å². The summed E-state index contributed by atoms with van der Waals surface area (Å²) in [5.74, 6) is 0. The van der Waals surface area contributed by atoms with Crippen LogP contribution in [0.4, 0.5) is 0 Å². The number of aliphatic hydroxyl groups is 1. The monoisotopic (exact) mass is 187 g/mol. The van der Waals surface area contributed by atoms with Gasteiger partial charge in [0.1, 0.15) is 0 Å². The van der Waals surface area contributed by atoms with Crippen LogP contribution in [-0.2, 0) is 0 Å². The third-order valence-electron chi connectivity index (χ3n) is 2.51. The van der Waals surface area contributed by atoms with E-state index in [1.165, 1.54) is 57.8 Å². The van der Waals surface area contributed by atoms with Gasteiger partial charge in [0.05, 0.1) is 0 Å². The first-order chi connectivity index (χ1) is 6.41. The second kappa shape index (κ2) is 12.0. The molecule has 0 aromatic carbocycles. The Labute approximate surface area is 85.0 Å². The molecule has 0 fully saturated rings. The van der Waals surface area contributed by atoms with Crippen molar-refractivity contribution in [3.8, 4) is 0 Å². The van der Waals surface area contributed by atoms with E-state index in [1.807, 2.05) is 0 Å². The van der Waals surface area contributed by atoms with E-state index >= 15 is 0 Å². The van der Waals surface area contributed by atoms with Crippen LogP contribution in [0.2, 0.25) is 0 Å². The van der Waals surface area contributed by atoms with Crippen molar-refractivity contribution in [3.63, 3.8) is 0 Å². The van der Waals surface area contributed by atoms with E-state index < -0.39 is 0 Å². The summed E-state index contributed by atoms with van der Waals surface area (Å²) in [7, 11) is 0. The van der Waals surface area contributed by atoms with E-state index in [4.69, 9.17) is 5.11 Å². The second-order valence-corrected chi connectivity index (χ2v) is 3.91. The number of hydrogen-bond acceptors (Lipinski definition) is 1. The normalized spacial score (nSPS) is 10.6. The summed E-state index contributed by atoms with van der Waals surface area (Å²) in [5, 5.41) is 8.57. The highest BCUT2D eigenvalue weighted by Gasteiger charge is 1.91. The summed E-state index contributed by atoms with van der Waals surface area (Å²) in [6.45, 7) is 2.63. The first-order valence-corrected chi connectivity index (χ1v) is 6.02. The standard InChI is InChI=1S/C12H26O/c1-2-3-4-5-6-7-8-9-10-11-12-13/h13H,2-12H2,1H3/p+1. The molecule has 0 heterocycles. The van der Waals surface area contributed by atoms with Gasteiger partial charge < -0.3 is 5.11 Å². The minimum absolute atomic E-state index is 0. The Balaban J connectivity index is 0. The highest BCUT2D eigenvalue weighted by atomic mass is 16.2. The average molecular weight is 187 g/mol. The lowest BCUT2D eigenvalue weighted by atomic mass is 10.1. The molecule has 0 aliphatic carbocycles. The van der Waals surface area contributed by atoms with Crippen molar-refractivity contribution in [1.82, 2.24) is 0 Å². The molecular formula is C12H27O+. The van der Waals surface area contributed by atoms with Gasteiger partial charge in [0.15, 0.2) is 0 Å². The molecule has 0 bridgehead atoms. The van der Waals surface area contributed by atoms with Crippen LogP contribution in [-0.4, -0.2) is 11.7 Å². The predicted molar refractivity (Wildman–Crippen MR) is 60.0 cm³/mol. The molecular weight excluding hydrogens is 160 g/mol. The van der Waals surface area contributed by atoms with Crippen LogP contribution < -0.4 is 0 Å². The minimum Gasteiger partial charge on any atom is -0.396 e. The fraction of sp³-hybridized carbons (Fsp3) is 1.00. The van der Waals surface area contributed by atoms with Crippen LogP contribution in [0, 0.1) is 0 Å². The zero-order valence-electron chi connectivity index (χ0n) is 10.2. The summed E-state index contributed by atoms with van der Waals surface area (Å²) >= 11 is 0. The van der Waals surface area contributed by atoms with Crippen molar-refractivity contribution in [2.24, 2.45) is 0 Å². The number of aliphatic hydroxyl groups excluding tert-OH is 1. The maximum Gasteiger partial charge on any atom is 1.00 e. The van der Waals surface area contributed by atoms with Gasteiger partial charge in [-0.25, -0.2) is 0 Å². The van der Waals surface area contributed by atoms with E-state index in [0.29, 0.717) is 6.61 Å². The second-order valence-electron chi connectivity index (χ2n) is 3.91. The minimum atomic E-state index is 0. The number of hydrogen-bond donors (Lipinski definition) is 1. The predicted octanol–water partition coefficient (Wildman–Crippen LogP) is 4.01. The van der Waals surface area contributed by atoms with E-state index in [9.17, 15) is 0 Å². The molecule has 13 heavy (non-hydrogen) atoms. The highest BCUT2D eigenvalue weighted by Crippen LogP contribution is 2.09. The van der Waals surface area contributed by atoms with Gasteiger partial charge in [0, 0.05) is 6.61 Å². The molecule has 0 aliphatic rings. The molecule has 1 N–H and O–H groups in total. The van der Waals surface area contributed by atoms with E-state index in [2.05, 4.69) is 6.92 Å². The summed E-state index contributed by atoms with van der Waals surface area (Å²) in [4.78, 5) is 0. The third kappa shape index (κ3) is 12.0. The Morgan fingerprint density at radius 3 is 1.46 bits per heavy atom. The van der Waals surface area contributed by atoms with E-state index in [-0.39, 0.29) is 1.43 Å². The fourth-order valence-corrected chi connectivity index (χ4v) is 1.60. The zero-order valence-corrected chi connectivity index (χ0v) is 9.23. The molecule has 0 unspecified atom stereocenters. The third-order valence-corrected chi connectivity index (χ3v) is 2.51. The van der Waals surface area contributed by atoms with Gasteiger partial charge in [-0.3, -0.25) is 0 Å². The van der Waals surface area contributed by atoms with Crippen LogP contribution in [0.5, 0.6) is 0 Å². The first-order valence-electron chi connectivity index (χ1n) is 6.02. The summed E-state index contributed by atoms with van der Waals surface area (Å²) in [6.07, 6.45) is 13.3. The maximum absolute atomic E-state index is 8.57. The molecule has 0 atom stereocenters. The van der Waals surface area contributed by atoms with Crippen LogP contribution >= 0.6 is 0 Å². The van der Waals surface area contributed by atoms with Crippen molar-refractivity contribution < 1.29 is 6.53 Å². The molecule has 1 heteroatoms. The van der Waals surface area contributed by atoms with Crippen molar-refractivity contribution in [2.75, 3.05) is 6.61 Å². The van der Waals surface area contributed by atoms with Crippen LogP contribution in [0.1, 0.15) is 72.6 Å². The molecule has 1 nitrogen and oxygen atoms in total. The van der Waals surface area contributed by atoms with Gasteiger partial charge in [0.25, 0.3) is 0 Å². The maximum atomic E-state index is 8.57. The Bertz CT molecular complexity index is 76.4. The molecule has 80 valence electrons. The SMILES string of the molecule is CCCCCCCCCCCCO.[H+]. The van der Waals surface area contributed by atoms with Crippen LogP contribution in [0.15, 0.2) is 0 Å². The summed E-state index contributed by atoms with van der Waals surface area (Å²) < 4.78 is 0. The number of unbranched alkanes of at least 4 members (excludes halogenated alkanes) is 9. The average Bonchev–Trinajstić information content (AvgIpc) is 2.16. The van der Waals surface area contributed by atoms with E-state index in [0.717, 1.165) is 6.42 Å². The Hall–Kier alpha value is -0.0400. The Morgan fingerprint density at radius 2 is 1.08 bits per heavy atom. The lowest BCUT2D eigenvalue weighted by Crippen LogP contribution is -1.84.